The number of halogens is 1. The van der Waals surface area contributed by atoms with Crippen molar-refractivity contribution < 1.29 is 23.4 Å². The maximum atomic E-state index is 14.5. The zero-order chi connectivity index (χ0) is 50.1. The normalized spacial score (nSPS) is 17.4. The third kappa shape index (κ3) is 11.7. The summed E-state index contributed by atoms with van der Waals surface area (Å²) in [5.74, 6) is 0.817. The van der Waals surface area contributed by atoms with Crippen LogP contribution in [-0.4, -0.2) is 121 Å². The lowest BCUT2D eigenvalue weighted by Crippen LogP contribution is -2.60. The molecule has 1 amide bonds. The molecule has 3 aliphatic heterocycles. The standard InChI is InChI=1S/C56H66ClN7O5S2/c1-39-34-49(22-23-50(39)58-45(24-27-61-37-56(4,67)38-61)36-70-48-12-7-6-8-13-48)71(68,69)59-44-18-20-46(21-19-44)62-30-32-63(33-31-62)47-11-9-10-42(35-47)52-51(54(65)64-28-25-55(3,66)26-29-64)40(2)60(5)53(52)41-14-16-43(57)17-15-41/h6-23,34-35,45,58-59,66-67H,24-33,36-38H2,1-5H3/t45-/m1/s1. The van der Waals surface area contributed by atoms with Gasteiger partial charge in [0.2, 0.25) is 0 Å². The van der Waals surface area contributed by atoms with Gasteiger partial charge in [-0.2, -0.15) is 0 Å². The van der Waals surface area contributed by atoms with E-state index in [0.717, 1.165) is 95.6 Å². The van der Waals surface area contributed by atoms with Crippen LogP contribution in [-0.2, 0) is 17.1 Å². The number of amides is 1. The van der Waals surface area contributed by atoms with E-state index in [1.54, 1.807) is 23.9 Å². The number of carbonyl (C=O) groups is 1. The molecule has 71 heavy (non-hydrogen) atoms. The Morgan fingerprint density at radius 3 is 2.07 bits per heavy atom. The van der Waals surface area contributed by atoms with Gasteiger partial charge in [-0.3, -0.25) is 14.4 Å². The quantitative estimate of drug-likeness (QED) is 0.0695. The monoisotopic (exact) mass is 1020 g/mol. The number of aliphatic hydroxyl groups is 2. The second-order valence-electron chi connectivity index (χ2n) is 20.2. The molecule has 12 nitrogen and oxygen atoms in total. The number of sulfonamides is 1. The van der Waals surface area contributed by atoms with Crippen LogP contribution in [0.4, 0.5) is 22.7 Å². The number of piperazine rings is 1. The first-order chi connectivity index (χ1) is 33.9. The van der Waals surface area contributed by atoms with Gasteiger partial charge in [0.1, 0.15) is 0 Å². The van der Waals surface area contributed by atoms with Gasteiger partial charge in [0.05, 0.1) is 27.4 Å². The van der Waals surface area contributed by atoms with Crippen LogP contribution in [0.15, 0.2) is 131 Å². The topological polar surface area (TPSA) is 134 Å². The molecule has 0 unspecified atom stereocenters. The van der Waals surface area contributed by atoms with Crippen LogP contribution in [0.3, 0.4) is 0 Å². The van der Waals surface area contributed by atoms with Gasteiger partial charge in [0.15, 0.2) is 0 Å². The Kier molecular flexibility index (Phi) is 14.9. The summed E-state index contributed by atoms with van der Waals surface area (Å²) in [6.45, 7) is 13.9. The molecular formula is C56H66ClN7O5S2. The number of hydrogen-bond acceptors (Lipinski definition) is 10. The third-order valence-corrected chi connectivity index (χ3v) is 17.2. The largest absolute Gasteiger partial charge is 0.390 e. The summed E-state index contributed by atoms with van der Waals surface area (Å²) in [6, 6.07) is 39.5. The number of aromatic nitrogens is 1. The number of benzene rings is 5. The molecule has 1 aromatic heterocycles. The molecule has 0 bridgehead atoms. The summed E-state index contributed by atoms with van der Waals surface area (Å²) in [4.78, 5) is 24.7. The number of thioether (sulfide) groups is 1. The van der Waals surface area contributed by atoms with Gasteiger partial charge in [-0.15, -0.1) is 11.8 Å². The molecule has 0 saturated carbocycles. The first-order valence-corrected chi connectivity index (χ1v) is 27.5. The Bertz CT molecular complexity index is 2940. The van der Waals surface area contributed by atoms with Crippen LogP contribution in [0, 0.1) is 13.8 Å². The van der Waals surface area contributed by atoms with Crippen molar-refractivity contribution in [2.24, 2.45) is 7.05 Å². The molecule has 9 rings (SSSR count). The lowest BCUT2D eigenvalue weighted by molar-refractivity contribution is -0.0834. The van der Waals surface area contributed by atoms with Gasteiger partial charge in [0.25, 0.3) is 15.9 Å². The highest BCUT2D eigenvalue weighted by atomic mass is 35.5. The molecule has 15 heteroatoms. The molecule has 4 heterocycles. The van der Waals surface area contributed by atoms with E-state index in [0.29, 0.717) is 55.3 Å². The van der Waals surface area contributed by atoms with Crippen molar-refractivity contribution in [1.29, 1.82) is 0 Å². The lowest BCUT2D eigenvalue weighted by atomic mass is 9.92. The number of anilines is 4. The van der Waals surface area contributed by atoms with Gasteiger partial charge >= 0.3 is 0 Å². The van der Waals surface area contributed by atoms with Crippen molar-refractivity contribution in [3.63, 3.8) is 0 Å². The molecule has 1 atom stereocenters. The molecule has 3 fully saturated rings. The van der Waals surface area contributed by atoms with Crippen molar-refractivity contribution in [2.45, 2.75) is 74.0 Å². The molecular weight excluding hydrogens is 950 g/mol. The summed E-state index contributed by atoms with van der Waals surface area (Å²) in [5, 5.41) is 25.3. The highest BCUT2D eigenvalue weighted by Gasteiger charge is 2.37. The molecule has 0 aliphatic carbocycles. The molecule has 3 saturated heterocycles. The number of β-amino-alcohol motifs (C(OH)–C–C–N with tert-alkyl or cyclic N) is 1. The number of likely N-dealkylation sites (tertiary alicyclic amines) is 2. The number of piperidine rings is 1. The fourth-order valence-corrected chi connectivity index (χ4v) is 12.4. The third-order valence-electron chi connectivity index (χ3n) is 14.4. The molecule has 4 N–H and O–H groups in total. The molecule has 6 aromatic rings. The molecule has 374 valence electrons. The average molecular weight is 1020 g/mol. The summed E-state index contributed by atoms with van der Waals surface area (Å²) in [6.07, 6.45) is 1.95. The summed E-state index contributed by atoms with van der Waals surface area (Å²) in [7, 11) is -1.85. The second-order valence-corrected chi connectivity index (χ2v) is 23.4. The second kappa shape index (κ2) is 20.9. The fraction of sp³-hybridized carbons (Fsp3) is 0.375. The number of nitrogens with zero attached hydrogens (tertiary/aromatic N) is 5. The van der Waals surface area contributed by atoms with Gasteiger partial charge in [0, 0.05) is 122 Å². The van der Waals surface area contributed by atoms with Crippen LogP contribution >= 0.6 is 23.4 Å². The number of aryl methyl sites for hydroxylation is 1. The van der Waals surface area contributed by atoms with Crippen LogP contribution < -0.4 is 19.8 Å². The molecule has 3 aliphatic rings. The minimum Gasteiger partial charge on any atom is -0.390 e. The summed E-state index contributed by atoms with van der Waals surface area (Å²) >= 11 is 8.14. The fourth-order valence-electron chi connectivity index (χ4n) is 10.2. The van der Waals surface area contributed by atoms with E-state index < -0.39 is 21.2 Å². The number of hydrogen-bond donors (Lipinski definition) is 4. The Morgan fingerprint density at radius 2 is 1.42 bits per heavy atom. The van der Waals surface area contributed by atoms with E-state index in [1.807, 2.05) is 112 Å². The molecule has 0 spiro atoms. The van der Waals surface area contributed by atoms with Crippen molar-refractivity contribution in [2.75, 3.05) is 84.5 Å². The molecule has 0 radical (unpaired) electrons. The van der Waals surface area contributed by atoms with Gasteiger partial charge in [-0.25, -0.2) is 8.42 Å². The smallest absolute Gasteiger partial charge is 0.261 e. The average Bonchev–Trinajstić information content (AvgIpc) is 3.61. The highest BCUT2D eigenvalue weighted by Crippen LogP contribution is 2.42. The van der Waals surface area contributed by atoms with E-state index in [4.69, 9.17) is 11.6 Å². The van der Waals surface area contributed by atoms with Crippen molar-refractivity contribution >= 4 is 62.0 Å². The first-order valence-electron chi connectivity index (χ1n) is 24.6. The van der Waals surface area contributed by atoms with Crippen LogP contribution in [0.25, 0.3) is 22.4 Å². The minimum absolute atomic E-state index is 0.0243. The van der Waals surface area contributed by atoms with Crippen molar-refractivity contribution in [3.05, 3.63) is 143 Å². The van der Waals surface area contributed by atoms with Crippen molar-refractivity contribution in [1.82, 2.24) is 14.4 Å². The Balaban J connectivity index is 0.847. The maximum Gasteiger partial charge on any atom is 0.261 e. The van der Waals surface area contributed by atoms with Crippen LogP contribution in [0.2, 0.25) is 5.02 Å². The van der Waals surface area contributed by atoms with Crippen molar-refractivity contribution in [3.8, 4) is 22.4 Å². The first kappa shape index (κ1) is 50.5. The van der Waals surface area contributed by atoms with Crippen LogP contribution in [0.5, 0.6) is 0 Å². The van der Waals surface area contributed by atoms with E-state index in [1.165, 1.54) is 4.90 Å². The molecule has 5 aromatic carbocycles. The lowest BCUT2D eigenvalue weighted by Gasteiger charge is -2.44. The number of carbonyl (C=O) groups excluding carboxylic acids is 1. The number of nitrogens with one attached hydrogen (secondary N) is 2. The van der Waals surface area contributed by atoms with E-state index >= 15 is 0 Å². The predicted octanol–water partition coefficient (Wildman–Crippen LogP) is 9.77. The Labute approximate surface area is 428 Å². The van der Waals surface area contributed by atoms with E-state index in [2.05, 4.69) is 65.7 Å². The Morgan fingerprint density at radius 1 is 0.761 bits per heavy atom. The summed E-state index contributed by atoms with van der Waals surface area (Å²) < 4.78 is 32.4. The Hall–Kier alpha value is -5.48. The number of rotatable bonds is 16. The van der Waals surface area contributed by atoms with E-state index in [9.17, 15) is 23.4 Å². The predicted molar refractivity (Wildman–Crippen MR) is 291 cm³/mol. The maximum absolute atomic E-state index is 14.5. The van der Waals surface area contributed by atoms with Gasteiger partial charge in [-0.1, -0.05) is 54.1 Å². The SMILES string of the molecule is Cc1cc(S(=O)(=O)Nc2ccc(N3CCN(c4cccc(-c5c(C(=O)N6CCC(C)(O)CC6)c(C)n(C)c5-c5ccc(Cl)cc5)c4)CC3)cc2)ccc1N[C@H](CCN1CC(C)(O)C1)CSc1ccccc1. The highest BCUT2D eigenvalue weighted by molar-refractivity contribution is 7.99. The zero-order valence-corrected chi connectivity index (χ0v) is 43.8. The minimum atomic E-state index is -3.86. The van der Waals surface area contributed by atoms with Crippen LogP contribution in [0.1, 0.15) is 54.7 Å². The summed E-state index contributed by atoms with van der Waals surface area (Å²) in [5.41, 5.74) is 8.25. The van der Waals surface area contributed by atoms with E-state index in [-0.39, 0.29) is 16.8 Å². The van der Waals surface area contributed by atoms with Gasteiger partial charge < -0.3 is 34.8 Å². The van der Waals surface area contributed by atoms with Gasteiger partial charge in [-0.05, 0) is 143 Å². The zero-order valence-electron chi connectivity index (χ0n) is 41.4.